The molecule has 0 unspecified atom stereocenters. The highest BCUT2D eigenvalue weighted by molar-refractivity contribution is 7.91. The molecule has 0 aliphatic carbocycles. The van der Waals surface area contributed by atoms with Crippen LogP contribution in [0, 0.1) is 0 Å². The fraction of sp³-hybridized carbons (Fsp3) is 0.500. The van der Waals surface area contributed by atoms with Gasteiger partial charge in [0.1, 0.15) is 0 Å². The van der Waals surface area contributed by atoms with E-state index < -0.39 is 21.8 Å². The standard InChI is InChI=1S/C16H26N2O2S.C4H4O4/c19-21(20,16-8-4-3-5-9-16)15-11-17-10-14-18-12-6-1-2-7-13-18;5-3(6)1-2-4(7)8/h3-5,8-9,17H,1-2,6-7,10-15H2;1-2H,(H,5,6)(H,7,8)/b;2-1-. The number of rotatable bonds is 9. The topological polar surface area (TPSA) is 124 Å². The molecule has 1 saturated heterocycles. The number of hydrogen-bond acceptors (Lipinski definition) is 6. The highest BCUT2D eigenvalue weighted by Gasteiger charge is 2.13. The van der Waals surface area contributed by atoms with Crippen LogP contribution in [0.4, 0.5) is 0 Å². The summed E-state index contributed by atoms with van der Waals surface area (Å²) in [6, 6.07) is 8.68. The van der Waals surface area contributed by atoms with Crippen LogP contribution in [0.25, 0.3) is 0 Å². The Balaban J connectivity index is 0.000000447. The second kappa shape index (κ2) is 13.9. The summed E-state index contributed by atoms with van der Waals surface area (Å²) in [7, 11) is -3.15. The Labute approximate surface area is 172 Å². The Hall–Kier alpha value is -2.23. The van der Waals surface area contributed by atoms with E-state index in [1.54, 1.807) is 24.3 Å². The molecule has 162 valence electrons. The first-order valence-corrected chi connectivity index (χ1v) is 11.3. The summed E-state index contributed by atoms with van der Waals surface area (Å²) in [5.41, 5.74) is 0. The predicted molar refractivity (Wildman–Crippen MR) is 111 cm³/mol. The van der Waals surface area contributed by atoms with E-state index in [1.807, 2.05) is 6.07 Å². The smallest absolute Gasteiger partial charge is 0.328 e. The van der Waals surface area contributed by atoms with E-state index >= 15 is 0 Å². The van der Waals surface area contributed by atoms with Crippen LogP contribution in [0.1, 0.15) is 25.7 Å². The average molecular weight is 427 g/mol. The van der Waals surface area contributed by atoms with Gasteiger partial charge in [-0.15, -0.1) is 0 Å². The van der Waals surface area contributed by atoms with E-state index in [4.69, 9.17) is 10.2 Å². The van der Waals surface area contributed by atoms with Gasteiger partial charge in [0.05, 0.1) is 10.6 Å². The Morgan fingerprint density at radius 3 is 2.00 bits per heavy atom. The van der Waals surface area contributed by atoms with Crippen LogP contribution in [-0.2, 0) is 19.4 Å². The highest BCUT2D eigenvalue weighted by Crippen LogP contribution is 2.10. The Bertz CT molecular complexity index is 725. The van der Waals surface area contributed by atoms with Gasteiger partial charge in [0.2, 0.25) is 0 Å². The van der Waals surface area contributed by atoms with Crippen molar-refractivity contribution in [3.8, 4) is 0 Å². The number of carbonyl (C=O) groups is 2. The molecule has 2 rings (SSSR count). The van der Waals surface area contributed by atoms with Crippen LogP contribution in [-0.4, -0.2) is 73.9 Å². The number of carboxylic acid groups (broad SMARTS) is 2. The summed E-state index contributed by atoms with van der Waals surface area (Å²) in [5.74, 6) is -2.35. The number of nitrogens with one attached hydrogen (secondary N) is 1. The summed E-state index contributed by atoms with van der Waals surface area (Å²) in [5, 5.41) is 18.9. The van der Waals surface area contributed by atoms with Gasteiger partial charge in [0.25, 0.3) is 0 Å². The monoisotopic (exact) mass is 426 g/mol. The lowest BCUT2D eigenvalue weighted by Crippen LogP contribution is -2.34. The zero-order valence-corrected chi connectivity index (χ0v) is 17.3. The Morgan fingerprint density at radius 1 is 0.931 bits per heavy atom. The Kier molecular flexibility index (Phi) is 11.9. The molecule has 1 fully saturated rings. The molecule has 1 aliphatic heterocycles. The molecule has 0 amide bonds. The van der Waals surface area contributed by atoms with Crippen LogP contribution in [0.15, 0.2) is 47.4 Å². The third-order valence-electron chi connectivity index (χ3n) is 4.32. The van der Waals surface area contributed by atoms with Crippen molar-refractivity contribution in [3.05, 3.63) is 42.5 Å². The largest absolute Gasteiger partial charge is 0.478 e. The molecule has 0 radical (unpaired) electrons. The molecule has 1 aromatic carbocycles. The maximum Gasteiger partial charge on any atom is 0.328 e. The number of benzene rings is 1. The van der Waals surface area contributed by atoms with Crippen molar-refractivity contribution in [3.63, 3.8) is 0 Å². The van der Waals surface area contributed by atoms with Crippen molar-refractivity contribution in [2.75, 3.05) is 38.5 Å². The van der Waals surface area contributed by atoms with Crippen LogP contribution in [0.2, 0.25) is 0 Å². The van der Waals surface area contributed by atoms with Crippen molar-refractivity contribution in [2.24, 2.45) is 0 Å². The van der Waals surface area contributed by atoms with Crippen molar-refractivity contribution in [1.82, 2.24) is 10.2 Å². The molecule has 0 spiro atoms. The van der Waals surface area contributed by atoms with E-state index in [-0.39, 0.29) is 5.75 Å². The summed E-state index contributed by atoms with van der Waals surface area (Å²) < 4.78 is 24.2. The molecule has 9 heteroatoms. The van der Waals surface area contributed by atoms with E-state index in [2.05, 4.69) is 10.2 Å². The lowest BCUT2D eigenvalue weighted by Gasteiger charge is -2.19. The van der Waals surface area contributed by atoms with E-state index in [0.29, 0.717) is 23.6 Å². The molecule has 8 nitrogen and oxygen atoms in total. The minimum atomic E-state index is -3.15. The maximum atomic E-state index is 12.1. The lowest BCUT2D eigenvalue weighted by molar-refractivity contribution is -0.134. The van der Waals surface area contributed by atoms with Gasteiger partial charge in [-0.25, -0.2) is 18.0 Å². The third kappa shape index (κ3) is 12.0. The van der Waals surface area contributed by atoms with Gasteiger partial charge in [-0.05, 0) is 38.1 Å². The van der Waals surface area contributed by atoms with Crippen LogP contribution in [0.3, 0.4) is 0 Å². The number of aliphatic carboxylic acids is 2. The predicted octanol–water partition coefficient (Wildman–Crippen LogP) is 1.64. The first kappa shape index (κ1) is 24.8. The number of likely N-dealkylation sites (tertiary alicyclic amines) is 1. The first-order chi connectivity index (χ1) is 13.8. The van der Waals surface area contributed by atoms with Crippen molar-refractivity contribution in [2.45, 2.75) is 30.6 Å². The molecule has 0 bridgehead atoms. The molecular formula is C20H30N2O6S. The van der Waals surface area contributed by atoms with Gasteiger partial charge in [0, 0.05) is 31.8 Å². The molecular weight excluding hydrogens is 396 g/mol. The van der Waals surface area contributed by atoms with Crippen molar-refractivity contribution < 1.29 is 28.2 Å². The first-order valence-electron chi connectivity index (χ1n) is 9.66. The zero-order chi connectivity index (χ0) is 21.5. The van der Waals surface area contributed by atoms with Gasteiger partial charge in [-0.1, -0.05) is 31.0 Å². The molecule has 3 N–H and O–H groups in total. The summed E-state index contributed by atoms with van der Waals surface area (Å²) >= 11 is 0. The zero-order valence-electron chi connectivity index (χ0n) is 16.5. The molecule has 0 saturated carbocycles. The van der Waals surface area contributed by atoms with Crippen molar-refractivity contribution in [1.29, 1.82) is 0 Å². The van der Waals surface area contributed by atoms with Gasteiger partial charge < -0.3 is 20.4 Å². The SMILES string of the molecule is O=C(O)/C=C\C(=O)O.O=S(=O)(CCNCCN1CCCCCC1)c1ccccc1. The van der Waals surface area contributed by atoms with E-state index in [9.17, 15) is 18.0 Å². The second-order valence-corrected chi connectivity index (χ2v) is 8.76. The normalized spacial score (nSPS) is 15.3. The average Bonchev–Trinajstić information content (AvgIpc) is 2.96. The lowest BCUT2D eigenvalue weighted by atomic mass is 10.2. The minimum Gasteiger partial charge on any atom is -0.478 e. The minimum absolute atomic E-state index is 0.164. The van der Waals surface area contributed by atoms with Crippen LogP contribution in [0.5, 0.6) is 0 Å². The highest BCUT2D eigenvalue weighted by atomic mass is 32.2. The fourth-order valence-electron chi connectivity index (χ4n) is 2.82. The molecule has 1 heterocycles. The van der Waals surface area contributed by atoms with Gasteiger partial charge >= 0.3 is 11.9 Å². The maximum absolute atomic E-state index is 12.1. The van der Waals surface area contributed by atoms with E-state index in [0.717, 1.165) is 13.1 Å². The molecule has 1 aromatic rings. The van der Waals surface area contributed by atoms with Crippen molar-refractivity contribution >= 4 is 21.8 Å². The Morgan fingerprint density at radius 2 is 1.48 bits per heavy atom. The number of sulfone groups is 1. The molecule has 0 atom stereocenters. The summed E-state index contributed by atoms with van der Waals surface area (Å²) in [6.45, 7) is 4.77. The number of hydrogen-bond donors (Lipinski definition) is 3. The molecule has 1 aliphatic rings. The van der Waals surface area contributed by atoms with Crippen LogP contribution < -0.4 is 5.32 Å². The number of nitrogens with zero attached hydrogens (tertiary/aromatic N) is 1. The van der Waals surface area contributed by atoms with Gasteiger partial charge in [-0.3, -0.25) is 0 Å². The molecule has 0 aromatic heterocycles. The van der Waals surface area contributed by atoms with Crippen LogP contribution >= 0.6 is 0 Å². The second-order valence-electron chi connectivity index (χ2n) is 6.65. The fourth-order valence-corrected chi connectivity index (χ4v) is 4.04. The quantitative estimate of drug-likeness (QED) is 0.402. The summed E-state index contributed by atoms with van der Waals surface area (Å²) in [6.07, 6.45) is 6.40. The van der Waals surface area contributed by atoms with Gasteiger partial charge in [0.15, 0.2) is 9.84 Å². The molecule has 29 heavy (non-hydrogen) atoms. The summed E-state index contributed by atoms with van der Waals surface area (Å²) in [4.78, 5) is 22.0. The number of carboxylic acids is 2. The van der Waals surface area contributed by atoms with Gasteiger partial charge in [-0.2, -0.15) is 0 Å². The van der Waals surface area contributed by atoms with E-state index in [1.165, 1.54) is 38.8 Å². The third-order valence-corrected chi connectivity index (χ3v) is 6.05.